The first kappa shape index (κ1) is 12.7. The Labute approximate surface area is 108 Å². The summed E-state index contributed by atoms with van der Waals surface area (Å²) in [6.07, 6.45) is 0. The van der Waals surface area contributed by atoms with E-state index in [9.17, 15) is 9.59 Å². The quantitative estimate of drug-likeness (QED) is 0.780. The van der Waals surface area contributed by atoms with Crippen molar-refractivity contribution in [3.63, 3.8) is 0 Å². The SMILES string of the molecule is COc1cccc(Nc2cc(C(=O)O)cc(=O)[nH]2)c1. The number of aromatic nitrogens is 1. The number of carboxylic acid groups (broad SMARTS) is 1. The van der Waals surface area contributed by atoms with E-state index in [4.69, 9.17) is 9.84 Å². The summed E-state index contributed by atoms with van der Waals surface area (Å²) in [4.78, 5) is 24.7. The fourth-order valence-corrected chi connectivity index (χ4v) is 1.59. The Morgan fingerprint density at radius 3 is 2.79 bits per heavy atom. The average Bonchev–Trinajstić information content (AvgIpc) is 2.38. The molecular weight excluding hydrogens is 248 g/mol. The number of methoxy groups -OCH3 is 1. The lowest BCUT2D eigenvalue weighted by molar-refractivity contribution is 0.0696. The second-order valence-corrected chi connectivity index (χ2v) is 3.81. The molecule has 0 radical (unpaired) electrons. The summed E-state index contributed by atoms with van der Waals surface area (Å²) < 4.78 is 5.07. The molecule has 0 amide bonds. The maximum Gasteiger partial charge on any atom is 0.336 e. The van der Waals surface area contributed by atoms with Gasteiger partial charge in [-0.2, -0.15) is 0 Å². The van der Waals surface area contributed by atoms with Crippen LogP contribution in [0.3, 0.4) is 0 Å². The van der Waals surface area contributed by atoms with E-state index in [1.807, 2.05) is 0 Å². The molecule has 1 aromatic carbocycles. The zero-order valence-electron chi connectivity index (χ0n) is 10.1. The maximum atomic E-state index is 11.3. The molecule has 1 heterocycles. The minimum atomic E-state index is -1.15. The minimum absolute atomic E-state index is 0.0749. The smallest absolute Gasteiger partial charge is 0.336 e. The van der Waals surface area contributed by atoms with Crippen LogP contribution in [-0.2, 0) is 0 Å². The Hall–Kier alpha value is -2.76. The van der Waals surface area contributed by atoms with Crippen molar-refractivity contribution in [2.24, 2.45) is 0 Å². The fraction of sp³-hybridized carbons (Fsp3) is 0.0769. The number of ether oxygens (including phenoxy) is 1. The van der Waals surface area contributed by atoms with E-state index >= 15 is 0 Å². The number of H-pyrrole nitrogens is 1. The van der Waals surface area contributed by atoms with Gasteiger partial charge in [0, 0.05) is 17.8 Å². The summed E-state index contributed by atoms with van der Waals surface area (Å²) in [5, 5.41) is 11.8. The molecule has 1 aromatic heterocycles. The van der Waals surface area contributed by atoms with Crippen LogP contribution in [0.25, 0.3) is 0 Å². The highest BCUT2D eigenvalue weighted by Gasteiger charge is 2.06. The Morgan fingerprint density at radius 1 is 1.32 bits per heavy atom. The number of aromatic carboxylic acids is 1. The van der Waals surface area contributed by atoms with Crippen molar-refractivity contribution >= 4 is 17.5 Å². The molecular formula is C13H12N2O4. The molecule has 0 atom stereocenters. The van der Waals surface area contributed by atoms with E-state index in [-0.39, 0.29) is 5.56 Å². The number of pyridine rings is 1. The number of hydrogen-bond donors (Lipinski definition) is 3. The summed E-state index contributed by atoms with van der Waals surface area (Å²) in [6.45, 7) is 0. The van der Waals surface area contributed by atoms with Gasteiger partial charge in [0.1, 0.15) is 11.6 Å². The molecule has 6 nitrogen and oxygen atoms in total. The lowest BCUT2D eigenvalue weighted by Crippen LogP contribution is -2.11. The van der Waals surface area contributed by atoms with Crippen molar-refractivity contribution in [3.8, 4) is 5.75 Å². The van der Waals surface area contributed by atoms with Crippen LogP contribution in [-0.4, -0.2) is 23.2 Å². The number of rotatable bonds is 4. The first-order valence-electron chi connectivity index (χ1n) is 5.47. The minimum Gasteiger partial charge on any atom is -0.497 e. The molecule has 0 aliphatic carbocycles. The highest BCUT2D eigenvalue weighted by Crippen LogP contribution is 2.20. The fourth-order valence-electron chi connectivity index (χ4n) is 1.59. The first-order valence-corrected chi connectivity index (χ1v) is 5.47. The van der Waals surface area contributed by atoms with Gasteiger partial charge in [-0.25, -0.2) is 4.79 Å². The second kappa shape index (κ2) is 5.26. The van der Waals surface area contributed by atoms with Gasteiger partial charge in [-0.1, -0.05) is 6.07 Å². The van der Waals surface area contributed by atoms with Gasteiger partial charge in [-0.05, 0) is 18.2 Å². The molecule has 2 aromatic rings. The third-order valence-electron chi connectivity index (χ3n) is 2.44. The van der Waals surface area contributed by atoms with E-state index in [1.54, 1.807) is 31.4 Å². The molecule has 0 aliphatic heterocycles. The van der Waals surface area contributed by atoms with E-state index in [1.165, 1.54) is 6.07 Å². The van der Waals surface area contributed by atoms with Crippen LogP contribution in [0.1, 0.15) is 10.4 Å². The summed E-state index contributed by atoms with van der Waals surface area (Å²) in [6, 6.07) is 9.43. The largest absolute Gasteiger partial charge is 0.497 e. The van der Waals surface area contributed by atoms with Crippen LogP contribution >= 0.6 is 0 Å². The molecule has 2 rings (SSSR count). The molecule has 0 spiro atoms. The molecule has 0 bridgehead atoms. The summed E-state index contributed by atoms with van der Waals surface area (Å²) in [5.41, 5.74) is 0.122. The zero-order chi connectivity index (χ0) is 13.8. The molecule has 0 aliphatic rings. The Morgan fingerprint density at radius 2 is 2.11 bits per heavy atom. The predicted octanol–water partition coefficient (Wildman–Crippen LogP) is 1.83. The van der Waals surface area contributed by atoms with Gasteiger partial charge in [0.2, 0.25) is 5.56 Å². The number of nitrogens with one attached hydrogen (secondary N) is 2. The number of carboxylic acids is 1. The van der Waals surface area contributed by atoms with Gasteiger partial charge in [-0.3, -0.25) is 4.79 Å². The van der Waals surface area contributed by atoms with Crippen molar-refractivity contribution < 1.29 is 14.6 Å². The third-order valence-corrected chi connectivity index (χ3v) is 2.44. The zero-order valence-corrected chi connectivity index (χ0v) is 10.1. The summed E-state index contributed by atoms with van der Waals surface area (Å²) in [7, 11) is 1.55. The number of anilines is 2. The number of hydrogen-bond acceptors (Lipinski definition) is 4. The van der Waals surface area contributed by atoms with Crippen LogP contribution in [0.15, 0.2) is 41.2 Å². The van der Waals surface area contributed by atoms with Crippen molar-refractivity contribution in [2.45, 2.75) is 0 Å². The standard InChI is InChI=1S/C13H12N2O4/c1-19-10-4-2-3-9(7-10)14-11-5-8(13(17)18)6-12(16)15-11/h2-7H,1H3,(H,17,18)(H2,14,15,16). The average molecular weight is 260 g/mol. The number of aromatic amines is 1. The van der Waals surface area contributed by atoms with Gasteiger partial charge in [0.05, 0.1) is 12.7 Å². The second-order valence-electron chi connectivity index (χ2n) is 3.81. The van der Waals surface area contributed by atoms with Gasteiger partial charge in [-0.15, -0.1) is 0 Å². The van der Waals surface area contributed by atoms with Crippen LogP contribution < -0.4 is 15.6 Å². The molecule has 0 fully saturated rings. The lowest BCUT2D eigenvalue weighted by atomic mass is 10.2. The van der Waals surface area contributed by atoms with Crippen molar-refractivity contribution in [3.05, 3.63) is 52.3 Å². The van der Waals surface area contributed by atoms with Crippen LogP contribution in [0.2, 0.25) is 0 Å². The van der Waals surface area contributed by atoms with Crippen LogP contribution in [0.4, 0.5) is 11.5 Å². The van der Waals surface area contributed by atoms with E-state index in [0.717, 1.165) is 6.07 Å². The monoisotopic (exact) mass is 260 g/mol. The molecule has 3 N–H and O–H groups in total. The maximum absolute atomic E-state index is 11.3. The number of benzene rings is 1. The highest BCUT2D eigenvalue weighted by atomic mass is 16.5. The van der Waals surface area contributed by atoms with E-state index in [0.29, 0.717) is 17.3 Å². The first-order chi connectivity index (χ1) is 9.08. The number of carbonyl (C=O) groups is 1. The molecule has 19 heavy (non-hydrogen) atoms. The third kappa shape index (κ3) is 3.12. The highest BCUT2D eigenvalue weighted by molar-refractivity contribution is 5.88. The van der Waals surface area contributed by atoms with Gasteiger partial charge >= 0.3 is 5.97 Å². The Bertz CT molecular complexity index is 664. The van der Waals surface area contributed by atoms with Crippen molar-refractivity contribution in [1.29, 1.82) is 0 Å². The van der Waals surface area contributed by atoms with Crippen molar-refractivity contribution in [1.82, 2.24) is 4.98 Å². The van der Waals surface area contributed by atoms with Gasteiger partial charge < -0.3 is 20.1 Å². The topological polar surface area (TPSA) is 91.4 Å². The molecule has 0 saturated carbocycles. The Kier molecular flexibility index (Phi) is 3.51. The summed E-state index contributed by atoms with van der Waals surface area (Å²) in [5.74, 6) is -0.195. The van der Waals surface area contributed by atoms with Gasteiger partial charge in [0.25, 0.3) is 0 Å². The lowest BCUT2D eigenvalue weighted by Gasteiger charge is -2.08. The summed E-state index contributed by atoms with van der Waals surface area (Å²) >= 11 is 0. The van der Waals surface area contributed by atoms with Gasteiger partial charge in [0.15, 0.2) is 0 Å². The van der Waals surface area contributed by atoms with E-state index in [2.05, 4.69) is 10.3 Å². The molecule has 0 saturated heterocycles. The molecule has 98 valence electrons. The van der Waals surface area contributed by atoms with Crippen LogP contribution in [0, 0.1) is 0 Å². The van der Waals surface area contributed by atoms with Crippen LogP contribution in [0.5, 0.6) is 5.75 Å². The van der Waals surface area contributed by atoms with E-state index < -0.39 is 11.5 Å². The predicted molar refractivity (Wildman–Crippen MR) is 70.3 cm³/mol. The van der Waals surface area contributed by atoms with Crippen molar-refractivity contribution in [2.75, 3.05) is 12.4 Å². The Balaban J connectivity index is 2.32. The molecule has 6 heteroatoms. The normalized spacial score (nSPS) is 9.95. The molecule has 0 unspecified atom stereocenters.